The Balaban J connectivity index is 3.13. The lowest BCUT2D eigenvalue weighted by atomic mass is 10.0. The van der Waals surface area contributed by atoms with Crippen LogP contribution in [0.25, 0.3) is 0 Å². The Kier molecular flexibility index (Phi) is 7.99. The van der Waals surface area contributed by atoms with Gasteiger partial charge in [-0.2, -0.15) is 0 Å². The molecule has 0 N–H and O–H groups in total. The van der Waals surface area contributed by atoms with Crippen LogP contribution in [0.1, 0.15) is 46.0 Å². The first-order chi connectivity index (χ1) is 5.68. The molecule has 0 fully saturated rings. The molecule has 0 spiro atoms. The number of halogens is 1. The molecule has 1 heteroatoms. The molecule has 0 aliphatic heterocycles. The predicted octanol–water partition coefficient (Wildman–Crippen LogP) is 4.54. The fourth-order valence-corrected chi connectivity index (χ4v) is 1.46. The molecule has 0 saturated carbocycles. The van der Waals surface area contributed by atoms with Crippen LogP contribution in [0.3, 0.4) is 0 Å². The summed E-state index contributed by atoms with van der Waals surface area (Å²) in [7, 11) is 0. The third-order valence-corrected chi connectivity index (χ3v) is 3.63. The van der Waals surface area contributed by atoms with Crippen molar-refractivity contribution in [2.45, 2.75) is 50.8 Å². The molecule has 0 rings (SSSR count). The van der Waals surface area contributed by atoms with Gasteiger partial charge in [-0.15, -0.1) is 6.58 Å². The van der Waals surface area contributed by atoms with Crippen molar-refractivity contribution in [2.24, 2.45) is 5.92 Å². The molecular weight excluding hydrogens is 212 g/mol. The normalized spacial score (nSPS) is 13.3. The summed E-state index contributed by atoms with van der Waals surface area (Å²) in [4.78, 5) is 0.709. The maximum Gasteiger partial charge on any atom is 0.0168 e. The van der Waals surface area contributed by atoms with Gasteiger partial charge in [-0.25, -0.2) is 0 Å². The second-order valence-electron chi connectivity index (χ2n) is 3.69. The largest absolute Gasteiger partial charge is 0.103 e. The van der Waals surface area contributed by atoms with E-state index in [4.69, 9.17) is 0 Å². The lowest BCUT2D eigenvalue weighted by Gasteiger charge is -2.12. The van der Waals surface area contributed by atoms with Crippen LogP contribution >= 0.6 is 15.9 Å². The van der Waals surface area contributed by atoms with Gasteiger partial charge in [0.2, 0.25) is 0 Å². The Morgan fingerprint density at radius 1 is 1.25 bits per heavy atom. The summed E-state index contributed by atoms with van der Waals surface area (Å²) in [6, 6.07) is 0. The lowest BCUT2D eigenvalue weighted by molar-refractivity contribution is 0.542. The van der Waals surface area contributed by atoms with Gasteiger partial charge in [0.05, 0.1) is 0 Å². The Morgan fingerprint density at radius 3 is 2.42 bits per heavy atom. The molecule has 1 unspecified atom stereocenters. The smallest absolute Gasteiger partial charge is 0.0168 e. The minimum atomic E-state index is 0.709. The summed E-state index contributed by atoms with van der Waals surface area (Å²) in [5.41, 5.74) is 0. The minimum Gasteiger partial charge on any atom is -0.103 e. The zero-order valence-electron chi connectivity index (χ0n) is 8.35. The number of rotatable bonds is 7. The van der Waals surface area contributed by atoms with Crippen LogP contribution in [0, 0.1) is 5.92 Å². The van der Waals surface area contributed by atoms with E-state index in [2.05, 4.69) is 36.4 Å². The Labute approximate surface area is 85.6 Å². The standard InChI is InChI=1S/C11H21Br/c1-4-5-6-7-8-9-11(12)10(2)3/h4,10-11H,1,5-9H2,2-3H3. The van der Waals surface area contributed by atoms with Gasteiger partial charge in [0.25, 0.3) is 0 Å². The van der Waals surface area contributed by atoms with E-state index in [9.17, 15) is 0 Å². The van der Waals surface area contributed by atoms with Crippen molar-refractivity contribution in [3.05, 3.63) is 12.7 Å². The highest BCUT2D eigenvalue weighted by molar-refractivity contribution is 9.09. The van der Waals surface area contributed by atoms with Gasteiger partial charge >= 0.3 is 0 Å². The fraction of sp³-hybridized carbons (Fsp3) is 0.818. The van der Waals surface area contributed by atoms with Crippen LogP contribution in [-0.2, 0) is 0 Å². The molecule has 0 amide bonds. The van der Waals surface area contributed by atoms with Gasteiger partial charge in [-0.05, 0) is 25.2 Å². The van der Waals surface area contributed by atoms with E-state index in [1.54, 1.807) is 0 Å². The van der Waals surface area contributed by atoms with Crippen LogP contribution in [0.15, 0.2) is 12.7 Å². The van der Waals surface area contributed by atoms with Crippen LogP contribution in [-0.4, -0.2) is 4.83 Å². The van der Waals surface area contributed by atoms with Crippen LogP contribution in [0.4, 0.5) is 0 Å². The molecule has 0 radical (unpaired) electrons. The summed E-state index contributed by atoms with van der Waals surface area (Å²) in [6.45, 7) is 8.25. The molecule has 72 valence electrons. The number of hydrogen-bond donors (Lipinski definition) is 0. The highest BCUT2D eigenvalue weighted by Gasteiger charge is 2.07. The van der Waals surface area contributed by atoms with Gasteiger partial charge in [0.1, 0.15) is 0 Å². The third-order valence-electron chi connectivity index (χ3n) is 2.11. The fourth-order valence-electron chi connectivity index (χ4n) is 1.14. The molecule has 0 aliphatic carbocycles. The summed E-state index contributed by atoms with van der Waals surface area (Å²) >= 11 is 3.69. The maximum atomic E-state index is 3.71. The maximum absolute atomic E-state index is 3.71. The van der Waals surface area contributed by atoms with Crippen LogP contribution in [0.5, 0.6) is 0 Å². The molecule has 0 aromatic carbocycles. The van der Waals surface area contributed by atoms with Crippen molar-refractivity contribution in [2.75, 3.05) is 0 Å². The number of hydrogen-bond acceptors (Lipinski definition) is 0. The molecule has 0 heterocycles. The van der Waals surface area contributed by atoms with Gasteiger partial charge in [0.15, 0.2) is 0 Å². The van der Waals surface area contributed by atoms with E-state index < -0.39 is 0 Å². The first kappa shape index (κ1) is 12.2. The van der Waals surface area contributed by atoms with E-state index in [0.29, 0.717) is 4.83 Å². The number of unbranched alkanes of at least 4 members (excludes halogenated alkanes) is 3. The number of allylic oxidation sites excluding steroid dienone is 1. The second-order valence-corrected chi connectivity index (χ2v) is 4.86. The molecule has 0 nitrogen and oxygen atoms in total. The van der Waals surface area contributed by atoms with Gasteiger partial charge in [0, 0.05) is 4.83 Å². The van der Waals surface area contributed by atoms with E-state index >= 15 is 0 Å². The molecule has 1 atom stereocenters. The van der Waals surface area contributed by atoms with Crippen LogP contribution in [0.2, 0.25) is 0 Å². The molecule has 0 aromatic rings. The Bertz CT molecular complexity index is 108. The Morgan fingerprint density at radius 2 is 1.92 bits per heavy atom. The lowest BCUT2D eigenvalue weighted by Crippen LogP contribution is -2.06. The average Bonchev–Trinajstić information content (AvgIpc) is 2.03. The van der Waals surface area contributed by atoms with Crippen molar-refractivity contribution >= 4 is 15.9 Å². The highest BCUT2D eigenvalue weighted by atomic mass is 79.9. The zero-order valence-corrected chi connectivity index (χ0v) is 9.94. The van der Waals surface area contributed by atoms with Gasteiger partial charge in [-0.1, -0.05) is 48.7 Å². The predicted molar refractivity (Wildman–Crippen MR) is 60.8 cm³/mol. The topological polar surface area (TPSA) is 0 Å². The minimum absolute atomic E-state index is 0.709. The molecule has 12 heavy (non-hydrogen) atoms. The van der Waals surface area contributed by atoms with E-state index in [1.165, 1.54) is 32.1 Å². The summed E-state index contributed by atoms with van der Waals surface area (Å²) in [5.74, 6) is 0.768. The SMILES string of the molecule is C=CCCCCCC(Br)C(C)C. The first-order valence-corrected chi connectivity index (χ1v) is 5.85. The zero-order chi connectivity index (χ0) is 9.40. The molecular formula is C11H21Br. The highest BCUT2D eigenvalue weighted by Crippen LogP contribution is 2.19. The molecule has 0 aliphatic rings. The monoisotopic (exact) mass is 232 g/mol. The second kappa shape index (κ2) is 7.85. The van der Waals surface area contributed by atoms with E-state index in [1.807, 2.05) is 6.08 Å². The van der Waals surface area contributed by atoms with Gasteiger partial charge < -0.3 is 0 Å². The summed E-state index contributed by atoms with van der Waals surface area (Å²) in [5, 5.41) is 0. The first-order valence-electron chi connectivity index (χ1n) is 4.93. The summed E-state index contributed by atoms with van der Waals surface area (Å²) in [6.07, 6.45) is 8.50. The van der Waals surface area contributed by atoms with Crippen LogP contribution < -0.4 is 0 Å². The van der Waals surface area contributed by atoms with Crippen molar-refractivity contribution < 1.29 is 0 Å². The van der Waals surface area contributed by atoms with Crippen molar-refractivity contribution in [1.29, 1.82) is 0 Å². The van der Waals surface area contributed by atoms with Crippen molar-refractivity contribution in [3.8, 4) is 0 Å². The van der Waals surface area contributed by atoms with Gasteiger partial charge in [-0.3, -0.25) is 0 Å². The molecule has 0 aromatic heterocycles. The van der Waals surface area contributed by atoms with Crippen molar-refractivity contribution in [1.82, 2.24) is 0 Å². The summed E-state index contributed by atoms with van der Waals surface area (Å²) < 4.78 is 0. The third kappa shape index (κ3) is 6.90. The Hall–Kier alpha value is 0.220. The van der Waals surface area contributed by atoms with E-state index in [-0.39, 0.29) is 0 Å². The molecule has 0 saturated heterocycles. The average molecular weight is 233 g/mol. The molecule has 0 bridgehead atoms. The van der Waals surface area contributed by atoms with Crippen molar-refractivity contribution in [3.63, 3.8) is 0 Å². The quantitative estimate of drug-likeness (QED) is 0.344. The van der Waals surface area contributed by atoms with E-state index in [0.717, 1.165) is 5.92 Å². The number of alkyl halides is 1.